The van der Waals surface area contributed by atoms with Crippen molar-refractivity contribution >= 4 is 0 Å². The van der Waals surface area contributed by atoms with Crippen LogP contribution < -0.4 is 5.32 Å². The van der Waals surface area contributed by atoms with Gasteiger partial charge in [0.2, 0.25) is 0 Å². The Morgan fingerprint density at radius 2 is 2.20 bits per heavy atom. The Bertz CT molecular complexity index is 328. The van der Waals surface area contributed by atoms with E-state index in [0.29, 0.717) is 18.2 Å². The normalized spacial score (nSPS) is 33.5. The highest BCUT2D eigenvalue weighted by molar-refractivity contribution is 5.09. The number of pyridine rings is 1. The zero-order valence-corrected chi connectivity index (χ0v) is 8.73. The number of hydrogen-bond donors (Lipinski definition) is 1. The van der Waals surface area contributed by atoms with Crippen LogP contribution in [0, 0.1) is 0 Å². The minimum absolute atomic E-state index is 0.469. The van der Waals surface area contributed by atoms with E-state index in [9.17, 15) is 0 Å². The highest BCUT2D eigenvalue weighted by Gasteiger charge is 2.40. The lowest BCUT2D eigenvalue weighted by Crippen LogP contribution is -2.36. The average Bonchev–Trinajstić information content (AvgIpc) is 2.89. The molecule has 0 amide bonds. The van der Waals surface area contributed by atoms with Gasteiger partial charge in [-0.15, -0.1) is 0 Å². The van der Waals surface area contributed by atoms with Crippen LogP contribution in [0.3, 0.4) is 0 Å². The first-order valence-electron chi connectivity index (χ1n) is 5.69. The number of nitrogens with one attached hydrogen (secondary N) is 1. The predicted octanol–water partition coefficient (Wildman–Crippen LogP) is 1.49. The third kappa shape index (κ3) is 1.90. The highest BCUT2D eigenvalue weighted by atomic mass is 16.5. The molecule has 2 aliphatic heterocycles. The molecule has 3 unspecified atom stereocenters. The first kappa shape index (κ1) is 9.31. The maximum absolute atomic E-state index is 5.80. The van der Waals surface area contributed by atoms with Crippen molar-refractivity contribution in [3.63, 3.8) is 0 Å². The number of fused-ring (bicyclic) bond motifs is 2. The van der Waals surface area contributed by atoms with Crippen LogP contribution in [0.1, 0.15) is 24.8 Å². The average molecular weight is 204 g/mol. The first-order valence-corrected chi connectivity index (χ1v) is 5.69. The summed E-state index contributed by atoms with van der Waals surface area (Å²) in [5, 5.41) is 3.58. The van der Waals surface area contributed by atoms with Gasteiger partial charge in [0.15, 0.2) is 0 Å². The van der Waals surface area contributed by atoms with Gasteiger partial charge >= 0.3 is 0 Å². The molecule has 0 spiro atoms. The SMILES string of the molecule is c1cc(CNC2CC3CCC2O3)ccn1. The van der Waals surface area contributed by atoms with E-state index in [0.717, 1.165) is 6.54 Å². The zero-order chi connectivity index (χ0) is 10.1. The zero-order valence-electron chi connectivity index (χ0n) is 8.73. The van der Waals surface area contributed by atoms with Gasteiger partial charge in [0, 0.05) is 25.0 Å². The van der Waals surface area contributed by atoms with Gasteiger partial charge in [-0.25, -0.2) is 0 Å². The number of rotatable bonds is 3. The first-order chi connectivity index (χ1) is 7.42. The topological polar surface area (TPSA) is 34.1 Å². The molecule has 1 aromatic rings. The van der Waals surface area contributed by atoms with Crippen molar-refractivity contribution in [2.45, 2.75) is 44.1 Å². The van der Waals surface area contributed by atoms with Crippen LogP contribution in [-0.4, -0.2) is 23.2 Å². The van der Waals surface area contributed by atoms with Gasteiger partial charge in [-0.3, -0.25) is 4.98 Å². The summed E-state index contributed by atoms with van der Waals surface area (Å²) in [6, 6.07) is 4.68. The number of hydrogen-bond acceptors (Lipinski definition) is 3. The molecule has 15 heavy (non-hydrogen) atoms. The van der Waals surface area contributed by atoms with Crippen molar-refractivity contribution in [1.29, 1.82) is 0 Å². The molecule has 0 radical (unpaired) electrons. The standard InChI is InChI=1S/C12H16N2O/c1-2-12-11(7-10(1)15-12)14-8-9-3-5-13-6-4-9/h3-6,10-12,14H,1-2,7-8H2. The van der Waals surface area contributed by atoms with Gasteiger partial charge in [0.25, 0.3) is 0 Å². The fraction of sp³-hybridized carbons (Fsp3) is 0.583. The summed E-state index contributed by atoms with van der Waals surface area (Å²) in [5.41, 5.74) is 1.30. The summed E-state index contributed by atoms with van der Waals surface area (Å²) in [5.74, 6) is 0. The molecule has 2 aliphatic rings. The van der Waals surface area contributed by atoms with Gasteiger partial charge in [-0.2, -0.15) is 0 Å². The minimum Gasteiger partial charge on any atom is -0.373 e. The monoisotopic (exact) mass is 204 g/mol. The lowest BCUT2D eigenvalue weighted by atomic mass is 9.95. The van der Waals surface area contributed by atoms with E-state index in [1.807, 2.05) is 12.4 Å². The Balaban J connectivity index is 1.55. The van der Waals surface area contributed by atoms with Gasteiger partial charge in [0.05, 0.1) is 12.2 Å². The summed E-state index contributed by atoms with van der Waals surface area (Å²) in [6.07, 6.45) is 8.37. The Labute approximate surface area is 89.9 Å². The number of ether oxygens (including phenoxy) is 1. The van der Waals surface area contributed by atoms with Crippen molar-refractivity contribution < 1.29 is 4.74 Å². The maximum Gasteiger partial charge on any atom is 0.0733 e. The maximum atomic E-state index is 5.80. The Morgan fingerprint density at radius 1 is 1.33 bits per heavy atom. The molecule has 3 heterocycles. The van der Waals surface area contributed by atoms with Gasteiger partial charge < -0.3 is 10.1 Å². The summed E-state index contributed by atoms with van der Waals surface area (Å²) in [4.78, 5) is 4.01. The molecule has 0 aromatic carbocycles. The van der Waals surface area contributed by atoms with E-state index in [2.05, 4.69) is 22.4 Å². The van der Waals surface area contributed by atoms with E-state index >= 15 is 0 Å². The summed E-state index contributed by atoms with van der Waals surface area (Å²) < 4.78 is 5.80. The fourth-order valence-electron chi connectivity index (χ4n) is 2.60. The van der Waals surface area contributed by atoms with Crippen LogP contribution in [0.25, 0.3) is 0 Å². The molecule has 2 fully saturated rings. The third-order valence-electron chi connectivity index (χ3n) is 3.42. The van der Waals surface area contributed by atoms with Crippen LogP contribution in [0.4, 0.5) is 0 Å². The predicted molar refractivity (Wildman–Crippen MR) is 57.4 cm³/mol. The minimum atomic E-state index is 0.469. The molecule has 3 nitrogen and oxygen atoms in total. The van der Waals surface area contributed by atoms with E-state index < -0.39 is 0 Å². The van der Waals surface area contributed by atoms with Crippen molar-refractivity contribution in [3.8, 4) is 0 Å². The number of aromatic nitrogens is 1. The second-order valence-corrected chi connectivity index (χ2v) is 4.45. The molecule has 1 aromatic heterocycles. The smallest absolute Gasteiger partial charge is 0.0733 e. The van der Waals surface area contributed by atoms with Crippen molar-refractivity contribution in [2.75, 3.05) is 0 Å². The van der Waals surface area contributed by atoms with E-state index in [1.54, 1.807) is 0 Å². The lowest BCUT2D eigenvalue weighted by molar-refractivity contribution is 0.0973. The fourth-order valence-corrected chi connectivity index (χ4v) is 2.60. The molecule has 80 valence electrons. The molecule has 3 rings (SSSR count). The summed E-state index contributed by atoms with van der Waals surface area (Å²) in [6.45, 7) is 0.930. The van der Waals surface area contributed by atoms with E-state index in [1.165, 1.54) is 24.8 Å². The van der Waals surface area contributed by atoms with Gasteiger partial charge in [-0.05, 0) is 37.0 Å². The molecule has 0 aliphatic carbocycles. The second-order valence-electron chi connectivity index (χ2n) is 4.45. The van der Waals surface area contributed by atoms with Crippen LogP contribution in [0.15, 0.2) is 24.5 Å². The second kappa shape index (κ2) is 3.91. The van der Waals surface area contributed by atoms with Crippen LogP contribution in [0.5, 0.6) is 0 Å². The van der Waals surface area contributed by atoms with Crippen molar-refractivity contribution in [1.82, 2.24) is 10.3 Å². The molecule has 3 atom stereocenters. The molecule has 2 bridgehead atoms. The van der Waals surface area contributed by atoms with Crippen LogP contribution >= 0.6 is 0 Å². The van der Waals surface area contributed by atoms with Crippen LogP contribution in [0.2, 0.25) is 0 Å². The Kier molecular flexibility index (Phi) is 2.43. The Morgan fingerprint density at radius 3 is 2.87 bits per heavy atom. The largest absolute Gasteiger partial charge is 0.373 e. The quantitative estimate of drug-likeness (QED) is 0.810. The van der Waals surface area contributed by atoms with Crippen molar-refractivity contribution in [2.24, 2.45) is 0 Å². The van der Waals surface area contributed by atoms with Gasteiger partial charge in [0.1, 0.15) is 0 Å². The van der Waals surface area contributed by atoms with E-state index in [-0.39, 0.29) is 0 Å². The third-order valence-corrected chi connectivity index (χ3v) is 3.42. The number of nitrogens with zero attached hydrogens (tertiary/aromatic N) is 1. The van der Waals surface area contributed by atoms with Crippen molar-refractivity contribution in [3.05, 3.63) is 30.1 Å². The molecular formula is C12H16N2O. The van der Waals surface area contributed by atoms with Gasteiger partial charge in [-0.1, -0.05) is 0 Å². The molecule has 0 saturated carbocycles. The molecule has 2 saturated heterocycles. The Hall–Kier alpha value is -0.930. The van der Waals surface area contributed by atoms with E-state index in [4.69, 9.17) is 4.74 Å². The summed E-state index contributed by atoms with van der Waals surface area (Å²) >= 11 is 0. The molecular weight excluding hydrogens is 188 g/mol. The highest BCUT2D eigenvalue weighted by Crippen LogP contribution is 2.34. The molecule has 3 heteroatoms. The lowest BCUT2D eigenvalue weighted by Gasteiger charge is -2.19. The summed E-state index contributed by atoms with van der Waals surface area (Å²) in [7, 11) is 0. The van der Waals surface area contributed by atoms with Crippen LogP contribution in [-0.2, 0) is 11.3 Å². The molecule has 1 N–H and O–H groups in total.